The van der Waals surface area contributed by atoms with Crippen LogP contribution in [0.4, 0.5) is 11.4 Å². The van der Waals surface area contributed by atoms with E-state index in [9.17, 15) is 28.1 Å². The number of aryl methyl sites for hydroxylation is 1. The van der Waals surface area contributed by atoms with Crippen LogP contribution in [0.3, 0.4) is 0 Å². The maximum Gasteiger partial charge on any atom is 0.273 e. The molecule has 0 aliphatic carbocycles. The average molecular weight is 700 g/mol. The van der Waals surface area contributed by atoms with Gasteiger partial charge in [0.05, 0.1) is 22.6 Å². The molecule has 0 aromatic heterocycles. The van der Waals surface area contributed by atoms with E-state index in [1.165, 1.54) is 62.3 Å². The lowest BCUT2D eigenvalue weighted by Gasteiger charge is -2.33. The van der Waals surface area contributed by atoms with Crippen molar-refractivity contribution in [1.29, 1.82) is 0 Å². The van der Waals surface area contributed by atoms with E-state index in [1.54, 1.807) is 12.1 Å². The summed E-state index contributed by atoms with van der Waals surface area (Å²) in [5, 5.41) is 15.2. The van der Waals surface area contributed by atoms with Crippen molar-refractivity contribution in [1.82, 2.24) is 10.2 Å². The van der Waals surface area contributed by atoms with Gasteiger partial charge in [-0.05, 0) is 69.2 Å². The van der Waals surface area contributed by atoms with Crippen molar-refractivity contribution in [2.45, 2.75) is 57.6 Å². The monoisotopic (exact) mass is 698 g/mol. The summed E-state index contributed by atoms with van der Waals surface area (Å²) < 4.78 is 34.6. The quantitative estimate of drug-likeness (QED) is 0.161. The smallest absolute Gasteiger partial charge is 0.273 e. The fourth-order valence-electron chi connectivity index (χ4n) is 4.33. The number of nitro groups is 1. The number of anilines is 1. The number of rotatable bonds is 13. The van der Waals surface area contributed by atoms with Crippen LogP contribution in [0.25, 0.3) is 0 Å². The molecule has 0 aliphatic heterocycles. The summed E-state index contributed by atoms with van der Waals surface area (Å²) in [6, 6.07) is 11.0. The van der Waals surface area contributed by atoms with Gasteiger partial charge >= 0.3 is 0 Å². The third-order valence-corrected chi connectivity index (χ3v) is 9.76. The molecule has 0 aliphatic rings. The molecule has 2 amide bonds. The molecule has 2 atom stereocenters. The summed E-state index contributed by atoms with van der Waals surface area (Å²) in [7, 11) is -3.35. The fourth-order valence-corrected chi connectivity index (χ4v) is 6.40. The zero-order valence-electron chi connectivity index (χ0n) is 25.2. The van der Waals surface area contributed by atoms with Gasteiger partial charge in [-0.25, -0.2) is 8.42 Å². The fraction of sp³-hybridized carbons (Fsp3) is 0.333. The maximum absolute atomic E-state index is 14.2. The van der Waals surface area contributed by atoms with Gasteiger partial charge in [0.2, 0.25) is 11.8 Å². The summed E-state index contributed by atoms with van der Waals surface area (Å²) in [5.41, 5.74) is 0.188. The Morgan fingerprint density at radius 3 is 2.27 bits per heavy atom. The van der Waals surface area contributed by atoms with Gasteiger partial charge in [0.25, 0.3) is 15.7 Å². The Balaban J connectivity index is 2.18. The average Bonchev–Trinajstić information content (AvgIpc) is 2.98. The highest BCUT2D eigenvalue weighted by Gasteiger charge is 2.35. The highest BCUT2D eigenvalue weighted by atomic mass is 35.5. The minimum Gasteiger partial charge on any atom is -0.495 e. The second kappa shape index (κ2) is 15.1. The van der Waals surface area contributed by atoms with Gasteiger partial charge < -0.3 is 15.0 Å². The summed E-state index contributed by atoms with van der Waals surface area (Å²) in [6.07, 6.45) is 0.638. The number of sulfonamides is 1. The number of hydrogen-bond donors (Lipinski definition) is 1. The predicted octanol–water partition coefficient (Wildman–Crippen LogP) is 6.40. The van der Waals surface area contributed by atoms with E-state index < -0.39 is 49.9 Å². The molecular weight excluding hydrogens is 667 g/mol. The van der Waals surface area contributed by atoms with Gasteiger partial charge in [0.15, 0.2) is 0 Å². The highest BCUT2D eigenvalue weighted by molar-refractivity contribution is 7.92. The van der Waals surface area contributed by atoms with Crippen molar-refractivity contribution in [3.63, 3.8) is 0 Å². The zero-order valence-corrected chi connectivity index (χ0v) is 28.3. The summed E-state index contributed by atoms with van der Waals surface area (Å²) in [4.78, 5) is 39.2. The van der Waals surface area contributed by atoms with Crippen LogP contribution < -0.4 is 14.4 Å². The number of nitrogens with one attached hydrogen (secondary N) is 1. The second-order valence-electron chi connectivity index (χ2n) is 10.3. The van der Waals surface area contributed by atoms with Crippen molar-refractivity contribution in [2.75, 3.05) is 18.0 Å². The number of nitro benzene ring substituents is 1. The Kier molecular flexibility index (Phi) is 12.1. The zero-order chi connectivity index (χ0) is 33.6. The first-order chi connectivity index (χ1) is 21.1. The van der Waals surface area contributed by atoms with E-state index in [1.807, 2.05) is 13.8 Å². The number of ether oxygens (including phenoxy) is 1. The molecule has 0 bridgehead atoms. The number of halogens is 3. The predicted molar refractivity (Wildman–Crippen MR) is 175 cm³/mol. The normalized spacial score (nSPS) is 12.6. The lowest BCUT2D eigenvalue weighted by molar-refractivity contribution is -0.385. The van der Waals surface area contributed by atoms with Gasteiger partial charge in [-0.15, -0.1) is 0 Å². The Hall–Kier alpha value is -3.58. The van der Waals surface area contributed by atoms with E-state index in [-0.39, 0.29) is 39.6 Å². The van der Waals surface area contributed by atoms with Gasteiger partial charge in [0.1, 0.15) is 18.3 Å². The van der Waals surface area contributed by atoms with Gasteiger partial charge in [-0.3, -0.25) is 24.0 Å². The molecule has 0 saturated heterocycles. The third kappa shape index (κ3) is 8.57. The molecule has 3 rings (SSSR count). The molecule has 15 heteroatoms. The van der Waals surface area contributed by atoms with E-state index in [2.05, 4.69) is 5.32 Å². The van der Waals surface area contributed by atoms with Crippen LogP contribution in [0.1, 0.15) is 38.3 Å². The number of benzene rings is 3. The molecule has 3 aromatic rings. The van der Waals surface area contributed by atoms with E-state index in [0.29, 0.717) is 17.0 Å². The molecule has 0 saturated carbocycles. The van der Waals surface area contributed by atoms with E-state index in [4.69, 9.17) is 39.5 Å². The van der Waals surface area contributed by atoms with Crippen molar-refractivity contribution >= 4 is 68.0 Å². The molecule has 0 unspecified atom stereocenters. The minimum absolute atomic E-state index is 0.0623. The molecule has 0 radical (unpaired) electrons. The Morgan fingerprint density at radius 1 is 1.02 bits per heavy atom. The number of amides is 2. The van der Waals surface area contributed by atoms with E-state index >= 15 is 0 Å². The maximum atomic E-state index is 14.2. The van der Waals surface area contributed by atoms with Gasteiger partial charge in [-0.1, -0.05) is 53.9 Å². The van der Waals surface area contributed by atoms with Crippen molar-refractivity contribution in [3.8, 4) is 5.75 Å². The van der Waals surface area contributed by atoms with Gasteiger partial charge in [0, 0.05) is 39.3 Å². The Bertz CT molecular complexity index is 1700. The number of methoxy groups -OCH3 is 1. The summed E-state index contributed by atoms with van der Waals surface area (Å²) in [6.45, 7) is 5.70. The first-order valence-corrected chi connectivity index (χ1v) is 16.3. The summed E-state index contributed by atoms with van der Waals surface area (Å²) >= 11 is 18.7. The van der Waals surface area contributed by atoms with E-state index in [0.717, 1.165) is 10.4 Å². The standard InChI is InChI=1S/C30H33Cl3N4O7S/c1-6-19(3)34-30(39)20(4)35(16-21-8-9-22(31)13-25(21)33)29(38)17-36(27-14-23(32)10-12-28(27)44-5)45(42,43)24-11-7-18(2)26(15-24)37(40)41/h7-15,19-20H,6,16-17H2,1-5H3,(H,34,39)/t19-,20+/m0/s1. The van der Waals surface area contributed by atoms with Crippen LogP contribution in [0.5, 0.6) is 5.75 Å². The third-order valence-electron chi connectivity index (χ3n) is 7.18. The molecule has 0 heterocycles. The van der Waals surface area contributed by atoms with Crippen LogP contribution in [0, 0.1) is 17.0 Å². The van der Waals surface area contributed by atoms with Crippen LogP contribution in [-0.4, -0.2) is 55.8 Å². The number of hydrogen-bond acceptors (Lipinski definition) is 7. The molecule has 45 heavy (non-hydrogen) atoms. The number of nitrogens with zero attached hydrogens (tertiary/aromatic N) is 3. The molecule has 242 valence electrons. The van der Waals surface area contributed by atoms with Crippen molar-refractivity contribution in [3.05, 3.63) is 90.9 Å². The van der Waals surface area contributed by atoms with Crippen LogP contribution in [-0.2, 0) is 26.2 Å². The SMILES string of the molecule is CC[C@H](C)NC(=O)[C@@H](C)N(Cc1ccc(Cl)cc1Cl)C(=O)CN(c1cc(Cl)ccc1OC)S(=O)(=O)c1ccc(C)c([N+](=O)[O-])c1. The number of carbonyl (C=O) groups excluding carboxylic acids is 2. The van der Waals surface area contributed by atoms with Crippen molar-refractivity contribution < 1.29 is 27.7 Å². The second-order valence-corrected chi connectivity index (χ2v) is 13.4. The van der Waals surface area contributed by atoms with Crippen LogP contribution >= 0.6 is 34.8 Å². The lowest BCUT2D eigenvalue weighted by atomic mass is 10.1. The molecule has 0 spiro atoms. The summed E-state index contributed by atoms with van der Waals surface area (Å²) in [5.74, 6) is -1.18. The molecule has 3 aromatic carbocycles. The number of carbonyl (C=O) groups is 2. The molecule has 11 nitrogen and oxygen atoms in total. The Morgan fingerprint density at radius 2 is 1.67 bits per heavy atom. The molecule has 1 N–H and O–H groups in total. The van der Waals surface area contributed by atoms with Crippen LogP contribution in [0.2, 0.25) is 15.1 Å². The minimum atomic E-state index is -4.66. The van der Waals surface area contributed by atoms with Gasteiger partial charge in [-0.2, -0.15) is 0 Å². The van der Waals surface area contributed by atoms with Crippen molar-refractivity contribution in [2.24, 2.45) is 0 Å². The first kappa shape index (κ1) is 35.9. The topological polar surface area (TPSA) is 139 Å². The van der Waals surface area contributed by atoms with Crippen LogP contribution in [0.15, 0.2) is 59.5 Å². The largest absolute Gasteiger partial charge is 0.495 e. The molecule has 0 fully saturated rings. The highest BCUT2D eigenvalue weighted by Crippen LogP contribution is 2.36. The Labute approximate surface area is 277 Å². The molecular formula is C30H33Cl3N4O7S. The first-order valence-electron chi connectivity index (χ1n) is 13.8. The lowest BCUT2D eigenvalue weighted by Crippen LogP contribution is -2.52.